The number of carboxylic acid groups (broad SMARTS) is 1. The van der Waals surface area contributed by atoms with Crippen molar-refractivity contribution in [2.45, 2.75) is 57.7 Å². The number of ketones is 1. The molecule has 0 saturated heterocycles. The van der Waals surface area contributed by atoms with Crippen molar-refractivity contribution < 1.29 is 27.9 Å². The van der Waals surface area contributed by atoms with Crippen LogP contribution in [0.25, 0.3) is 0 Å². The minimum atomic E-state index is -4.92. The first-order chi connectivity index (χ1) is 9.67. The third kappa shape index (κ3) is 2.91. The molecule has 1 spiro atoms. The number of Topliss-reactive ketones (excluding diaryl/α,β-unsaturated/α-hetero) is 1. The lowest BCUT2D eigenvalue weighted by molar-refractivity contribution is -0.169. The monoisotopic (exact) mass is 305 g/mol. The van der Waals surface area contributed by atoms with E-state index in [0.29, 0.717) is 19.3 Å². The van der Waals surface area contributed by atoms with E-state index in [1.54, 1.807) is 0 Å². The predicted octanol–water partition coefficient (Wildman–Crippen LogP) is 2.79. The molecule has 7 heteroatoms. The fraction of sp³-hybridized carbons (Fsp3) is 0.714. The van der Waals surface area contributed by atoms with Gasteiger partial charge in [-0.2, -0.15) is 13.2 Å². The van der Waals surface area contributed by atoms with Crippen molar-refractivity contribution in [3.63, 3.8) is 0 Å². The normalized spacial score (nSPS) is 22.7. The van der Waals surface area contributed by atoms with Crippen molar-refractivity contribution in [1.29, 1.82) is 0 Å². The van der Waals surface area contributed by atoms with Gasteiger partial charge in [0, 0.05) is 16.7 Å². The molecule has 1 saturated carbocycles. The summed E-state index contributed by atoms with van der Waals surface area (Å²) in [4.78, 5) is 22.5. The maximum Gasteiger partial charge on any atom is 0.454 e. The number of hydrogen-bond acceptors (Lipinski definition) is 3. The smallest absolute Gasteiger partial charge is 0.454 e. The van der Waals surface area contributed by atoms with Crippen LogP contribution in [0.5, 0.6) is 0 Å². The SMILES string of the molecule is CC(NC1=C(C(=O)C(F)(F)F)C2(CCCCC2)C1)C(=O)O. The Morgan fingerprint density at radius 2 is 1.81 bits per heavy atom. The molecule has 0 aromatic rings. The van der Waals surface area contributed by atoms with Gasteiger partial charge in [-0.3, -0.25) is 9.59 Å². The maximum atomic E-state index is 12.8. The van der Waals surface area contributed by atoms with E-state index in [2.05, 4.69) is 5.32 Å². The number of halogens is 3. The standard InChI is InChI=1S/C14H18F3NO3/c1-8(12(20)21)18-9-7-13(5-3-2-4-6-13)10(9)11(19)14(15,16)17/h8,18H,2-7H2,1H3,(H,20,21). The minimum Gasteiger partial charge on any atom is -0.480 e. The molecule has 21 heavy (non-hydrogen) atoms. The minimum absolute atomic E-state index is 0.147. The number of carbonyl (C=O) groups is 2. The third-order valence-electron chi connectivity index (χ3n) is 4.40. The summed E-state index contributed by atoms with van der Waals surface area (Å²) in [6.45, 7) is 1.34. The number of nitrogens with one attached hydrogen (secondary N) is 1. The molecule has 0 aromatic carbocycles. The Morgan fingerprint density at radius 1 is 1.24 bits per heavy atom. The van der Waals surface area contributed by atoms with Crippen LogP contribution in [0, 0.1) is 5.41 Å². The zero-order valence-electron chi connectivity index (χ0n) is 11.7. The van der Waals surface area contributed by atoms with Gasteiger partial charge in [0.25, 0.3) is 5.78 Å². The Bertz CT molecular complexity index is 490. The van der Waals surface area contributed by atoms with Crippen molar-refractivity contribution >= 4 is 11.8 Å². The van der Waals surface area contributed by atoms with Gasteiger partial charge in [-0.05, 0) is 26.2 Å². The average molecular weight is 305 g/mol. The van der Waals surface area contributed by atoms with Gasteiger partial charge in [-0.25, -0.2) is 0 Å². The molecule has 1 unspecified atom stereocenters. The Morgan fingerprint density at radius 3 is 2.29 bits per heavy atom. The summed E-state index contributed by atoms with van der Waals surface area (Å²) in [5.74, 6) is -2.98. The van der Waals surface area contributed by atoms with E-state index in [1.165, 1.54) is 6.92 Å². The Hall–Kier alpha value is -1.53. The fourth-order valence-corrected chi connectivity index (χ4v) is 3.35. The van der Waals surface area contributed by atoms with Crippen molar-refractivity contribution in [3.8, 4) is 0 Å². The maximum absolute atomic E-state index is 12.8. The van der Waals surface area contributed by atoms with E-state index in [4.69, 9.17) is 5.11 Å². The predicted molar refractivity (Wildman–Crippen MR) is 68.5 cm³/mol. The first kappa shape index (κ1) is 15.9. The van der Waals surface area contributed by atoms with E-state index in [1.807, 2.05) is 0 Å². The molecule has 0 heterocycles. The molecule has 4 nitrogen and oxygen atoms in total. The molecule has 0 aromatic heterocycles. The fourth-order valence-electron chi connectivity index (χ4n) is 3.35. The first-order valence-electron chi connectivity index (χ1n) is 7.02. The molecule has 0 bridgehead atoms. The number of alkyl halides is 3. The zero-order valence-corrected chi connectivity index (χ0v) is 11.7. The molecule has 0 aliphatic heterocycles. The van der Waals surface area contributed by atoms with E-state index < -0.39 is 29.4 Å². The second-order valence-electron chi connectivity index (χ2n) is 5.90. The van der Waals surface area contributed by atoms with E-state index in [-0.39, 0.29) is 11.3 Å². The summed E-state index contributed by atoms with van der Waals surface area (Å²) >= 11 is 0. The number of allylic oxidation sites excluding steroid dienone is 2. The Balaban J connectivity index is 2.31. The van der Waals surface area contributed by atoms with Crippen LogP contribution in [0.1, 0.15) is 45.4 Å². The van der Waals surface area contributed by atoms with Crippen LogP contribution in [0.3, 0.4) is 0 Å². The van der Waals surface area contributed by atoms with Crippen LogP contribution in [0.15, 0.2) is 11.3 Å². The summed E-state index contributed by atoms with van der Waals surface area (Å²) in [5.41, 5.74) is -0.789. The van der Waals surface area contributed by atoms with Crippen molar-refractivity contribution in [3.05, 3.63) is 11.3 Å². The lowest BCUT2D eigenvalue weighted by atomic mass is 9.57. The van der Waals surface area contributed by atoms with E-state index in [9.17, 15) is 22.8 Å². The van der Waals surface area contributed by atoms with E-state index in [0.717, 1.165) is 19.3 Å². The van der Waals surface area contributed by atoms with Gasteiger partial charge in [-0.15, -0.1) is 0 Å². The number of hydrogen-bond donors (Lipinski definition) is 2. The van der Waals surface area contributed by atoms with Crippen LogP contribution in [0.4, 0.5) is 13.2 Å². The topological polar surface area (TPSA) is 66.4 Å². The Labute approximate surface area is 120 Å². The molecule has 1 atom stereocenters. The van der Waals surface area contributed by atoms with E-state index >= 15 is 0 Å². The molecule has 2 rings (SSSR count). The molecule has 2 aliphatic rings. The Kier molecular flexibility index (Phi) is 4.04. The summed E-state index contributed by atoms with van der Waals surface area (Å²) < 4.78 is 38.4. The van der Waals surface area contributed by atoms with Crippen molar-refractivity contribution in [2.24, 2.45) is 5.41 Å². The van der Waals surface area contributed by atoms with Gasteiger partial charge in [0.15, 0.2) is 0 Å². The third-order valence-corrected chi connectivity index (χ3v) is 4.40. The molecular weight excluding hydrogens is 287 g/mol. The average Bonchev–Trinajstić information content (AvgIpc) is 2.37. The molecule has 2 aliphatic carbocycles. The second-order valence-corrected chi connectivity index (χ2v) is 5.90. The van der Waals surface area contributed by atoms with Crippen LogP contribution in [0.2, 0.25) is 0 Å². The summed E-state index contributed by atoms with van der Waals surface area (Å²) in [6, 6.07) is -1.02. The molecule has 0 amide bonds. The molecule has 1 fully saturated rings. The highest BCUT2D eigenvalue weighted by Crippen LogP contribution is 2.56. The second kappa shape index (κ2) is 5.35. The van der Waals surface area contributed by atoms with Gasteiger partial charge < -0.3 is 10.4 Å². The van der Waals surface area contributed by atoms with Gasteiger partial charge in [0.05, 0.1) is 0 Å². The van der Waals surface area contributed by atoms with Crippen LogP contribution in [-0.4, -0.2) is 29.1 Å². The van der Waals surface area contributed by atoms with Crippen LogP contribution in [-0.2, 0) is 9.59 Å². The lowest BCUT2D eigenvalue weighted by Crippen LogP contribution is -2.49. The molecule has 118 valence electrons. The van der Waals surface area contributed by atoms with Gasteiger partial charge in [-0.1, -0.05) is 19.3 Å². The molecule has 2 N–H and O–H groups in total. The quantitative estimate of drug-likeness (QED) is 0.838. The number of carboxylic acids is 1. The van der Waals surface area contributed by atoms with Gasteiger partial charge >= 0.3 is 12.1 Å². The van der Waals surface area contributed by atoms with Gasteiger partial charge in [0.1, 0.15) is 6.04 Å². The molecular formula is C14H18F3NO3. The van der Waals surface area contributed by atoms with Crippen LogP contribution < -0.4 is 5.32 Å². The van der Waals surface area contributed by atoms with Crippen molar-refractivity contribution in [1.82, 2.24) is 5.32 Å². The lowest BCUT2D eigenvalue weighted by Gasteiger charge is -2.48. The highest BCUT2D eigenvalue weighted by Gasteiger charge is 2.55. The largest absolute Gasteiger partial charge is 0.480 e. The van der Waals surface area contributed by atoms with Crippen LogP contribution >= 0.6 is 0 Å². The first-order valence-corrected chi connectivity index (χ1v) is 7.02. The summed E-state index contributed by atoms with van der Waals surface area (Å²) in [6.07, 6.45) is -0.884. The highest BCUT2D eigenvalue weighted by molar-refractivity contribution is 6.03. The molecule has 0 radical (unpaired) electrons. The van der Waals surface area contributed by atoms with Gasteiger partial charge in [0.2, 0.25) is 0 Å². The summed E-state index contributed by atoms with van der Waals surface area (Å²) in [5, 5.41) is 11.4. The highest BCUT2D eigenvalue weighted by atomic mass is 19.4. The summed E-state index contributed by atoms with van der Waals surface area (Å²) in [7, 11) is 0. The van der Waals surface area contributed by atoms with Crippen molar-refractivity contribution in [2.75, 3.05) is 0 Å². The zero-order chi connectivity index (χ0) is 15.8. The number of aliphatic carboxylic acids is 1. The number of carbonyl (C=O) groups excluding carboxylic acids is 1. The number of rotatable bonds is 4.